The maximum absolute atomic E-state index is 13.4. The van der Waals surface area contributed by atoms with Crippen molar-refractivity contribution in [3.63, 3.8) is 0 Å². The van der Waals surface area contributed by atoms with Crippen LogP contribution < -0.4 is 0 Å². The van der Waals surface area contributed by atoms with E-state index in [1.54, 1.807) is 13.8 Å². The van der Waals surface area contributed by atoms with Crippen molar-refractivity contribution >= 4 is 21.4 Å². The molecule has 0 aliphatic carbocycles. The standard InChI is InChI=1S/C11H14FNO3S/c1-3-17(16,4-2)13-8-5-6-9(11(14)15)10(12)7-8/h5-7H,3-4H2,1-2H3,(H,14,15). The Balaban J connectivity index is 3.24. The van der Waals surface area contributed by atoms with Crippen LogP contribution in [0.2, 0.25) is 0 Å². The molecule has 0 saturated carbocycles. The summed E-state index contributed by atoms with van der Waals surface area (Å²) in [4.78, 5) is 10.6. The van der Waals surface area contributed by atoms with Crippen molar-refractivity contribution in [2.75, 3.05) is 11.5 Å². The Morgan fingerprint density at radius 1 is 1.41 bits per heavy atom. The molecule has 4 nitrogen and oxygen atoms in total. The number of halogens is 1. The molecule has 6 heteroatoms. The van der Waals surface area contributed by atoms with Crippen LogP contribution in [0.15, 0.2) is 22.6 Å². The number of carboxylic acid groups (broad SMARTS) is 1. The van der Waals surface area contributed by atoms with Crippen LogP contribution >= 0.6 is 0 Å². The van der Waals surface area contributed by atoms with Gasteiger partial charge in [-0.25, -0.2) is 13.4 Å². The Kier molecular flexibility index (Phi) is 4.22. The smallest absolute Gasteiger partial charge is 0.338 e. The van der Waals surface area contributed by atoms with Gasteiger partial charge in [0.2, 0.25) is 0 Å². The van der Waals surface area contributed by atoms with Gasteiger partial charge in [0.25, 0.3) is 0 Å². The summed E-state index contributed by atoms with van der Waals surface area (Å²) in [6, 6.07) is 3.48. The van der Waals surface area contributed by atoms with Crippen LogP contribution in [0.4, 0.5) is 10.1 Å². The van der Waals surface area contributed by atoms with Gasteiger partial charge in [0, 0.05) is 17.6 Å². The monoisotopic (exact) mass is 259 g/mol. The van der Waals surface area contributed by atoms with Crippen molar-refractivity contribution in [1.29, 1.82) is 0 Å². The van der Waals surface area contributed by atoms with Crippen LogP contribution in [0.3, 0.4) is 0 Å². The van der Waals surface area contributed by atoms with Crippen molar-refractivity contribution in [2.24, 2.45) is 4.36 Å². The Bertz CT molecular complexity index is 538. The highest BCUT2D eigenvalue weighted by Gasteiger charge is 2.11. The lowest BCUT2D eigenvalue weighted by Crippen LogP contribution is -2.05. The molecule has 1 aromatic carbocycles. The topological polar surface area (TPSA) is 66.7 Å². The van der Waals surface area contributed by atoms with Gasteiger partial charge in [-0.15, -0.1) is 0 Å². The van der Waals surface area contributed by atoms with Gasteiger partial charge in [0.1, 0.15) is 5.82 Å². The molecule has 0 aromatic heterocycles. The molecule has 0 aliphatic heterocycles. The van der Waals surface area contributed by atoms with Crippen LogP contribution in [0.1, 0.15) is 24.2 Å². The van der Waals surface area contributed by atoms with E-state index in [2.05, 4.69) is 4.36 Å². The molecule has 0 amide bonds. The van der Waals surface area contributed by atoms with Gasteiger partial charge in [-0.05, 0) is 12.1 Å². The molecule has 1 N–H and O–H groups in total. The van der Waals surface area contributed by atoms with Gasteiger partial charge in [-0.2, -0.15) is 4.36 Å². The highest BCUT2D eigenvalue weighted by Crippen LogP contribution is 2.19. The summed E-state index contributed by atoms with van der Waals surface area (Å²) in [6.45, 7) is 3.49. The number of hydrogen-bond acceptors (Lipinski definition) is 3. The van der Waals surface area contributed by atoms with E-state index in [4.69, 9.17) is 5.11 Å². The first kappa shape index (κ1) is 13.6. The molecule has 17 heavy (non-hydrogen) atoms. The second kappa shape index (κ2) is 5.27. The summed E-state index contributed by atoms with van der Waals surface area (Å²) in [5, 5.41) is 8.65. The number of nitrogens with zero attached hydrogens (tertiary/aromatic N) is 1. The van der Waals surface area contributed by atoms with Gasteiger partial charge in [-0.3, -0.25) is 0 Å². The fraction of sp³-hybridized carbons (Fsp3) is 0.364. The lowest BCUT2D eigenvalue weighted by atomic mass is 10.2. The van der Waals surface area contributed by atoms with E-state index in [0.29, 0.717) is 11.5 Å². The Labute approximate surface area is 99.7 Å². The molecule has 0 spiro atoms. The van der Waals surface area contributed by atoms with Crippen molar-refractivity contribution in [1.82, 2.24) is 0 Å². The molecule has 0 unspecified atom stereocenters. The van der Waals surface area contributed by atoms with Crippen LogP contribution in [0.25, 0.3) is 0 Å². The van der Waals surface area contributed by atoms with E-state index in [-0.39, 0.29) is 5.69 Å². The summed E-state index contributed by atoms with van der Waals surface area (Å²) >= 11 is 0. The molecule has 94 valence electrons. The van der Waals surface area contributed by atoms with Crippen LogP contribution in [-0.2, 0) is 9.73 Å². The quantitative estimate of drug-likeness (QED) is 0.903. The van der Waals surface area contributed by atoms with E-state index < -0.39 is 27.1 Å². The highest BCUT2D eigenvalue weighted by molar-refractivity contribution is 7.93. The number of aromatic carboxylic acids is 1. The molecule has 0 radical (unpaired) electrons. The minimum absolute atomic E-state index is 0.209. The third-order valence-electron chi connectivity index (χ3n) is 2.36. The summed E-state index contributed by atoms with van der Waals surface area (Å²) in [5.74, 6) is -1.44. The van der Waals surface area contributed by atoms with Crippen LogP contribution in [0.5, 0.6) is 0 Å². The molecular weight excluding hydrogens is 245 g/mol. The van der Waals surface area contributed by atoms with E-state index in [0.717, 1.165) is 12.1 Å². The largest absolute Gasteiger partial charge is 0.478 e. The first-order valence-corrected chi connectivity index (χ1v) is 7.02. The minimum Gasteiger partial charge on any atom is -0.478 e. The van der Waals surface area contributed by atoms with Crippen molar-refractivity contribution in [3.05, 3.63) is 29.6 Å². The molecule has 0 saturated heterocycles. The van der Waals surface area contributed by atoms with Gasteiger partial charge < -0.3 is 5.11 Å². The van der Waals surface area contributed by atoms with Gasteiger partial charge in [-0.1, -0.05) is 13.8 Å². The SMILES string of the molecule is CCS(=O)(CC)=Nc1ccc(C(=O)O)c(F)c1. The molecule has 0 bridgehead atoms. The molecular formula is C11H14FNO3S. The second-order valence-electron chi connectivity index (χ2n) is 3.41. The predicted octanol–water partition coefficient (Wildman–Crippen LogP) is 2.66. The molecule has 0 atom stereocenters. The molecule has 1 aromatic rings. The third-order valence-corrected chi connectivity index (χ3v) is 4.70. The van der Waals surface area contributed by atoms with Gasteiger partial charge in [0.15, 0.2) is 0 Å². The summed E-state index contributed by atoms with van der Waals surface area (Å²) in [7, 11) is -2.36. The highest BCUT2D eigenvalue weighted by atomic mass is 32.2. The maximum Gasteiger partial charge on any atom is 0.338 e. The second-order valence-corrected chi connectivity index (χ2v) is 6.29. The van der Waals surface area contributed by atoms with E-state index >= 15 is 0 Å². The van der Waals surface area contributed by atoms with Crippen LogP contribution in [0, 0.1) is 5.82 Å². The van der Waals surface area contributed by atoms with E-state index in [1.807, 2.05) is 0 Å². The lowest BCUT2D eigenvalue weighted by Gasteiger charge is -2.04. The predicted molar refractivity (Wildman–Crippen MR) is 64.7 cm³/mol. The molecule has 0 fully saturated rings. The van der Waals surface area contributed by atoms with Crippen molar-refractivity contribution in [2.45, 2.75) is 13.8 Å². The number of carbonyl (C=O) groups is 1. The van der Waals surface area contributed by atoms with Gasteiger partial charge in [0.05, 0.1) is 21.0 Å². The van der Waals surface area contributed by atoms with Crippen molar-refractivity contribution in [3.8, 4) is 0 Å². The van der Waals surface area contributed by atoms with E-state index in [9.17, 15) is 13.4 Å². The average Bonchev–Trinajstić information content (AvgIpc) is 2.28. The normalized spacial score (nSPS) is 11.2. The third kappa shape index (κ3) is 3.26. The molecule has 1 rings (SSSR count). The number of carboxylic acids is 1. The zero-order valence-electron chi connectivity index (χ0n) is 9.64. The van der Waals surface area contributed by atoms with E-state index in [1.165, 1.54) is 6.07 Å². The minimum atomic E-state index is -2.36. The summed E-state index contributed by atoms with van der Waals surface area (Å²) in [6.07, 6.45) is 0. The van der Waals surface area contributed by atoms with Crippen LogP contribution in [-0.4, -0.2) is 26.8 Å². The zero-order valence-corrected chi connectivity index (χ0v) is 10.5. The number of rotatable bonds is 4. The fourth-order valence-electron chi connectivity index (χ4n) is 1.26. The first-order chi connectivity index (χ1) is 7.91. The molecule has 0 heterocycles. The number of benzene rings is 1. The molecule has 0 aliphatic rings. The Hall–Kier alpha value is -1.43. The first-order valence-electron chi connectivity index (χ1n) is 5.17. The van der Waals surface area contributed by atoms with Crippen molar-refractivity contribution < 1.29 is 18.5 Å². The zero-order chi connectivity index (χ0) is 13.1. The Morgan fingerprint density at radius 2 is 2.00 bits per heavy atom. The lowest BCUT2D eigenvalue weighted by molar-refractivity contribution is 0.0692. The fourth-order valence-corrected chi connectivity index (χ4v) is 2.42. The average molecular weight is 259 g/mol. The summed E-state index contributed by atoms with van der Waals surface area (Å²) in [5.41, 5.74) is -0.204. The Morgan fingerprint density at radius 3 is 2.41 bits per heavy atom. The maximum atomic E-state index is 13.4. The number of hydrogen-bond donors (Lipinski definition) is 1. The van der Waals surface area contributed by atoms with Gasteiger partial charge >= 0.3 is 5.97 Å². The summed E-state index contributed by atoms with van der Waals surface area (Å²) < 4.78 is 29.4.